The smallest absolute Gasteiger partial charge is 0.379 e. The first kappa shape index (κ1) is 8.99. The van der Waals surface area contributed by atoms with Crippen molar-refractivity contribution in [3.8, 4) is 0 Å². The molecule has 1 rings (SSSR count). The second-order valence-electron chi connectivity index (χ2n) is 2.16. The van der Waals surface area contributed by atoms with Crippen molar-refractivity contribution in [2.24, 2.45) is 0 Å². The number of aliphatic hydroxyl groups excluding tert-OH is 1. The molecule has 0 fully saturated rings. The van der Waals surface area contributed by atoms with Gasteiger partial charge in [-0.05, 0) is 6.07 Å². The number of aliphatic hydroxyl groups is 1. The van der Waals surface area contributed by atoms with Gasteiger partial charge in [0.2, 0.25) is 0 Å². The Morgan fingerprint density at radius 1 is 1.50 bits per heavy atom. The predicted octanol–water partition coefficient (Wildman–Crippen LogP) is 1.48. The first-order valence-electron chi connectivity index (χ1n) is 3.07. The summed E-state index contributed by atoms with van der Waals surface area (Å²) in [6, 6.07) is 3.39. The van der Waals surface area contributed by atoms with E-state index in [1.54, 1.807) is 0 Å². The van der Waals surface area contributed by atoms with Crippen molar-refractivity contribution in [2.45, 2.75) is 12.3 Å². The van der Waals surface area contributed by atoms with E-state index in [9.17, 15) is 13.2 Å². The highest BCUT2D eigenvalue weighted by atomic mass is 19.4. The van der Waals surface area contributed by atoms with Crippen LogP contribution in [0.4, 0.5) is 13.2 Å². The molecule has 1 aromatic heterocycles. The van der Waals surface area contributed by atoms with Gasteiger partial charge >= 0.3 is 6.18 Å². The highest BCUT2D eigenvalue weighted by Crippen LogP contribution is 2.31. The van der Waals surface area contributed by atoms with E-state index in [-0.39, 0.29) is 5.56 Å². The monoisotopic (exact) mass is 176 g/mol. The first-order chi connectivity index (χ1) is 5.52. The number of alkyl halides is 3. The summed E-state index contributed by atoms with van der Waals surface area (Å²) in [5, 5.41) is 8.67. The fourth-order valence-electron chi connectivity index (χ4n) is 0.676. The molecule has 1 radical (unpaired) electrons. The lowest BCUT2D eigenvalue weighted by Crippen LogP contribution is -2.20. The Morgan fingerprint density at radius 3 is 2.58 bits per heavy atom. The Kier molecular flexibility index (Phi) is 2.32. The number of nitrogens with zero attached hydrogens (tertiary/aromatic N) is 1. The summed E-state index contributed by atoms with van der Waals surface area (Å²) in [5.74, 6) is 0. The lowest BCUT2D eigenvalue weighted by molar-refractivity contribution is -0.206. The second kappa shape index (κ2) is 3.10. The molecule has 0 aliphatic carbocycles. The molecule has 0 aromatic carbocycles. The first-order valence-corrected chi connectivity index (χ1v) is 3.07. The molecule has 0 bridgehead atoms. The average molecular weight is 176 g/mol. The van der Waals surface area contributed by atoms with Gasteiger partial charge in [-0.1, -0.05) is 0 Å². The van der Waals surface area contributed by atoms with Gasteiger partial charge in [-0.2, -0.15) is 13.2 Å². The molecule has 1 heterocycles. The van der Waals surface area contributed by atoms with Crippen molar-refractivity contribution in [2.75, 3.05) is 0 Å². The van der Waals surface area contributed by atoms with Crippen LogP contribution in [0.25, 0.3) is 0 Å². The summed E-state index contributed by atoms with van der Waals surface area (Å²) in [6.07, 6.45) is -4.94. The molecular formula is C7H5F3NO. The Bertz CT molecular complexity index is 247. The van der Waals surface area contributed by atoms with Crippen LogP contribution in [0.15, 0.2) is 18.5 Å². The van der Waals surface area contributed by atoms with Gasteiger partial charge < -0.3 is 5.11 Å². The van der Waals surface area contributed by atoms with E-state index in [4.69, 9.17) is 5.11 Å². The van der Waals surface area contributed by atoms with Crippen molar-refractivity contribution in [1.29, 1.82) is 0 Å². The molecule has 2 nitrogen and oxygen atoms in total. The largest absolute Gasteiger partial charge is 0.418 e. The Morgan fingerprint density at radius 2 is 2.17 bits per heavy atom. The van der Waals surface area contributed by atoms with Gasteiger partial charge in [-0.15, -0.1) is 0 Å². The Balaban J connectivity index is 2.86. The van der Waals surface area contributed by atoms with Crippen LogP contribution in [0.1, 0.15) is 11.7 Å². The third-order valence-electron chi connectivity index (χ3n) is 1.25. The van der Waals surface area contributed by atoms with Crippen molar-refractivity contribution in [3.05, 3.63) is 30.1 Å². The summed E-state index contributed by atoms with van der Waals surface area (Å²) in [6.45, 7) is 0. The van der Waals surface area contributed by atoms with Gasteiger partial charge in [0.15, 0.2) is 6.10 Å². The summed E-state index contributed by atoms with van der Waals surface area (Å²) in [5.41, 5.74) is -0.301. The van der Waals surface area contributed by atoms with Crippen LogP contribution in [0.3, 0.4) is 0 Å². The molecule has 0 aliphatic heterocycles. The fraction of sp³-hybridized carbons (Fsp3) is 0.286. The number of pyridine rings is 1. The maximum absolute atomic E-state index is 11.8. The van der Waals surface area contributed by atoms with E-state index >= 15 is 0 Å². The minimum Gasteiger partial charge on any atom is -0.379 e. The highest BCUT2D eigenvalue weighted by molar-refractivity contribution is 5.12. The molecule has 0 aliphatic rings. The van der Waals surface area contributed by atoms with E-state index in [0.29, 0.717) is 0 Å². The van der Waals surface area contributed by atoms with Crippen molar-refractivity contribution < 1.29 is 18.3 Å². The standard InChI is InChI=1S/C7H5F3NO/c8-7(9,10)6(12)5-2-1-3-11-4-5/h2-4,6,12H. The topological polar surface area (TPSA) is 33.1 Å². The zero-order valence-electron chi connectivity index (χ0n) is 5.84. The van der Waals surface area contributed by atoms with E-state index < -0.39 is 12.3 Å². The molecule has 1 unspecified atom stereocenters. The average Bonchev–Trinajstić information content (AvgIpc) is 2.03. The fourth-order valence-corrected chi connectivity index (χ4v) is 0.676. The number of halogens is 3. The maximum Gasteiger partial charge on any atom is 0.418 e. The molecule has 0 saturated heterocycles. The van der Waals surface area contributed by atoms with Crippen LogP contribution in [-0.2, 0) is 0 Å². The molecule has 1 atom stereocenters. The highest BCUT2D eigenvalue weighted by Gasteiger charge is 2.39. The summed E-state index contributed by atoms with van der Waals surface area (Å²) < 4.78 is 35.5. The third kappa shape index (κ3) is 1.94. The van der Waals surface area contributed by atoms with Crippen LogP contribution in [-0.4, -0.2) is 16.3 Å². The predicted molar refractivity (Wildman–Crippen MR) is 34.1 cm³/mol. The van der Waals surface area contributed by atoms with Gasteiger partial charge in [0.1, 0.15) is 0 Å². The van der Waals surface area contributed by atoms with E-state index in [2.05, 4.69) is 11.1 Å². The van der Waals surface area contributed by atoms with Gasteiger partial charge in [-0.3, -0.25) is 4.98 Å². The maximum atomic E-state index is 11.8. The van der Waals surface area contributed by atoms with Gasteiger partial charge in [-0.25, -0.2) is 0 Å². The second-order valence-corrected chi connectivity index (χ2v) is 2.16. The number of hydrogen-bond acceptors (Lipinski definition) is 2. The molecule has 0 amide bonds. The molecule has 1 N–H and O–H groups in total. The van der Waals surface area contributed by atoms with Crippen molar-refractivity contribution in [3.63, 3.8) is 0 Å². The van der Waals surface area contributed by atoms with Crippen molar-refractivity contribution in [1.82, 2.24) is 4.98 Å². The molecule has 65 valence electrons. The summed E-state index contributed by atoms with van der Waals surface area (Å²) in [7, 11) is 0. The van der Waals surface area contributed by atoms with Crippen LogP contribution < -0.4 is 0 Å². The number of hydrogen-bond donors (Lipinski definition) is 1. The zero-order valence-corrected chi connectivity index (χ0v) is 5.84. The number of aromatic nitrogens is 1. The van der Waals surface area contributed by atoms with Gasteiger partial charge in [0.05, 0.1) is 0 Å². The lowest BCUT2D eigenvalue weighted by Gasteiger charge is -2.13. The van der Waals surface area contributed by atoms with Crippen LogP contribution in [0, 0.1) is 6.07 Å². The third-order valence-corrected chi connectivity index (χ3v) is 1.25. The van der Waals surface area contributed by atoms with Crippen LogP contribution in [0.5, 0.6) is 0 Å². The molecule has 1 aromatic rings. The summed E-state index contributed by atoms with van der Waals surface area (Å²) >= 11 is 0. The molecule has 5 heteroatoms. The van der Waals surface area contributed by atoms with Crippen LogP contribution in [0.2, 0.25) is 0 Å². The van der Waals surface area contributed by atoms with E-state index in [0.717, 1.165) is 12.3 Å². The van der Waals surface area contributed by atoms with Gasteiger partial charge in [0, 0.05) is 24.0 Å². The van der Waals surface area contributed by atoms with E-state index in [1.807, 2.05) is 0 Å². The van der Waals surface area contributed by atoms with Crippen LogP contribution >= 0.6 is 0 Å². The minimum atomic E-state index is -4.64. The molecular weight excluding hydrogens is 171 g/mol. The number of rotatable bonds is 1. The SMILES string of the molecule is OC(c1c[c]cnc1)C(F)(F)F. The molecule has 0 spiro atoms. The van der Waals surface area contributed by atoms with Crippen molar-refractivity contribution >= 4 is 0 Å². The zero-order chi connectivity index (χ0) is 9.19. The molecule has 12 heavy (non-hydrogen) atoms. The minimum absolute atomic E-state index is 0.301. The summed E-state index contributed by atoms with van der Waals surface area (Å²) in [4.78, 5) is 3.40. The Hall–Kier alpha value is -1.10. The lowest BCUT2D eigenvalue weighted by atomic mass is 10.1. The Labute approximate surface area is 66.7 Å². The van der Waals surface area contributed by atoms with E-state index in [1.165, 1.54) is 6.20 Å². The quantitative estimate of drug-likeness (QED) is 0.702. The molecule has 0 saturated carbocycles. The van der Waals surface area contributed by atoms with Gasteiger partial charge in [0.25, 0.3) is 0 Å². The normalized spacial score (nSPS) is 14.3.